The zero-order valence-corrected chi connectivity index (χ0v) is 13.3. The summed E-state index contributed by atoms with van der Waals surface area (Å²) < 4.78 is 10.7. The molecule has 0 amide bonds. The summed E-state index contributed by atoms with van der Waals surface area (Å²) >= 11 is 0. The maximum atomic E-state index is 12.1. The van der Waals surface area contributed by atoms with E-state index in [1.807, 2.05) is 0 Å². The number of benzene rings is 1. The number of carbonyl (C=O) groups is 1. The summed E-state index contributed by atoms with van der Waals surface area (Å²) in [5, 5.41) is 9.28. The second-order valence-corrected chi connectivity index (χ2v) is 5.71. The summed E-state index contributed by atoms with van der Waals surface area (Å²) in [5.41, 5.74) is 0. The molecule has 1 aliphatic heterocycles. The van der Waals surface area contributed by atoms with E-state index in [2.05, 4.69) is 11.8 Å². The van der Waals surface area contributed by atoms with Crippen LogP contribution in [0.5, 0.6) is 11.5 Å². The molecule has 1 heterocycles. The van der Waals surface area contributed by atoms with E-state index in [1.165, 1.54) is 7.11 Å². The molecular weight excluding hydrogens is 282 g/mol. The quantitative estimate of drug-likeness (QED) is 0.817. The van der Waals surface area contributed by atoms with Crippen LogP contribution in [0.2, 0.25) is 0 Å². The van der Waals surface area contributed by atoms with Crippen molar-refractivity contribution in [1.29, 1.82) is 0 Å². The third-order valence-corrected chi connectivity index (χ3v) is 4.42. The zero-order valence-electron chi connectivity index (χ0n) is 13.3. The van der Waals surface area contributed by atoms with Gasteiger partial charge in [0, 0.05) is 0 Å². The fourth-order valence-corrected chi connectivity index (χ4v) is 2.95. The number of likely N-dealkylation sites (tertiary alicyclic amines) is 1. The summed E-state index contributed by atoms with van der Waals surface area (Å²) in [5.74, 6) is 0.709. The number of hydrogen-bond acceptors (Lipinski definition) is 5. The monoisotopic (exact) mass is 307 g/mol. The van der Waals surface area contributed by atoms with Gasteiger partial charge >= 0.3 is 5.97 Å². The number of esters is 1. The van der Waals surface area contributed by atoms with E-state index in [0.717, 1.165) is 32.5 Å². The Hall–Kier alpha value is -1.75. The van der Waals surface area contributed by atoms with Crippen LogP contribution in [0.1, 0.15) is 19.8 Å². The molecule has 1 saturated heterocycles. The molecule has 0 spiro atoms. The average Bonchev–Trinajstić information content (AvgIpc) is 2.57. The lowest BCUT2D eigenvalue weighted by Gasteiger charge is -2.34. The largest absolute Gasteiger partial charge is 0.508 e. The number of phenols is 1. The number of hydrogen-bond donors (Lipinski definition) is 1. The minimum Gasteiger partial charge on any atom is -0.508 e. The van der Waals surface area contributed by atoms with Gasteiger partial charge in [-0.2, -0.15) is 0 Å². The number of nitrogens with zero attached hydrogens (tertiary/aromatic N) is 1. The van der Waals surface area contributed by atoms with E-state index < -0.39 is 0 Å². The number of aromatic hydroxyl groups is 1. The molecule has 1 aromatic rings. The van der Waals surface area contributed by atoms with Gasteiger partial charge in [0.15, 0.2) is 0 Å². The van der Waals surface area contributed by atoms with E-state index in [1.54, 1.807) is 24.3 Å². The van der Waals surface area contributed by atoms with Gasteiger partial charge in [-0.15, -0.1) is 0 Å². The molecule has 22 heavy (non-hydrogen) atoms. The van der Waals surface area contributed by atoms with Crippen molar-refractivity contribution in [2.24, 2.45) is 11.8 Å². The summed E-state index contributed by atoms with van der Waals surface area (Å²) in [6.07, 6.45) is 1.99. The van der Waals surface area contributed by atoms with Gasteiger partial charge in [-0.3, -0.25) is 4.79 Å². The molecule has 1 aromatic carbocycles. The molecular formula is C17H25NO4. The van der Waals surface area contributed by atoms with Crippen LogP contribution in [0.4, 0.5) is 0 Å². The van der Waals surface area contributed by atoms with Crippen LogP contribution < -0.4 is 4.74 Å². The zero-order chi connectivity index (χ0) is 15.9. The standard InChI is InChI=1S/C17H25NO4/c1-3-18-10-8-13(9-11-18)16(17(20)21-2)12-22-15-6-4-14(19)5-7-15/h4-7,13,16,19H,3,8-12H2,1-2H3. The van der Waals surface area contributed by atoms with Gasteiger partial charge < -0.3 is 19.5 Å². The van der Waals surface area contributed by atoms with Gasteiger partial charge in [0.25, 0.3) is 0 Å². The molecule has 0 saturated carbocycles. The molecule has 5 nitrogen and oxygen atoms in total. The molecule has 1 atom stereocenters. The molecule has 5 heteroatoms. The predicted octanol–water partition coefficient (Wildman–Crippen LogP) is 2.29. The van der Waals surface area contributed by atoms with Crippen molar-refractivity contribution in [3.05, 3.63) is 24.3 Å². The van der Waals surface area contributed by atoms with Gasteiger partial charge in [0.2, 0.25) is 0 Å². The van der Waals surface area contributed by atoms with Gasteiger partial charge in [-0.25, -0.2) is 0 Å². The maximum Gasteiger partial charge on any atom is 0.312 e. The highest BCUT2D eigenvalue weighted by molar-refractivity contribution is 5.72. The van der Waals surface area contributed by atoms with Crippen LogP contribution in [0.25, 0.3) is 0 Å². The van der Waals surface area contributed by atoms with Gasteiger partial charge in [-0.05, 0) is 62.7 Å². The molecule has 2 rings (SSSR count). The Morgan fingerprint density at radius 3 is 2.50 bits per heavy atom. The van der Waals surface area contributed by atoms with Crippen LogP contribution in [-0.2, 0) is 9.53 Å². The predicted molar refractivity (Wildman–Crippen MR) is 83.9 cm³/mol. The van der Waals surface area contributed by atoms with Gasteiger partial charge in [0.05, 0.1) is 13.0 Å². The lowest BCUT2D eigenvalue weighted by Crippen LogP contribution is -2.40. The first-order valence-corrected chi connectivity index (χ1v) is 7.86. The molecule has 0 aliphatic carbocycles. The van der Waals surface area contributed by atoms with Crippen LogP contribution in [-0.4, -0.2) is 49.3 Å². The van der Waals surface area contributed by atoms with Crippen molar-refractivity contribution in [3.8, 4) is 11.5 Å². The van der Waals surface area contributed by atoms with Gasteiger partial charge in [-0.1, -0.05) is 6.92 Å². The van der Waals surface area contributed by atoms with Crippen molar-refractivity contribution in [1.82, 2.24) is 4.90 Å². The Bertz CT molecular complexity index is 466. The van der Waals surface area contributed by atoms with E-state index in [-0.39, 0.29) is 17.6 Å². The highest BCUT2D eigenvalue weighted by Crippen LogP contribution is 2.27. The molecule has 1 aliphatic rings. The van der Waals surface area contributed by atoms with Crippen molar-refractivity contribution in [2.45, 2.75) is 19.8 Å². The fraction of sp³-hybridized carbons (Fsp3) is 0.588. The number of phenolic OH excluding ortho intramolecular Hbond substituents is 1. The normalized spacial score (nSPS) is 17.9. The Morgan fingerprint density at radius 1 is 1.32 bits per heavy atom. The number of carbonyl (C=O) groups excluding carboxylic acids is 1. The fourth-order valence-electron chi connectivity index (χ4n) is 2.95. The van der Waals surface area contributed by atoms with E-state index >= 15 is 0 Å². The van der Waals surface area contributed by atoms with E-state index in [4.69, 9.17) is 9.47 Å². The molecule has 0 aromatic heterocycles. The van der Waals surface area contributed by atoms with Crippen LogP contribution in [0.15, 0.2) is 24.3 Å². The Kier molecular flexibility index (Phi) is 6.07. The van der Waals surface area contributed by atoms with Crippen molar-refractivity contribution in [2.75, 3.05) is 33.4 Å². The second kappa shape index (κ2) is 8.03. The first kappa shape index (κ1) is 16.6. The topological polar surface area (TPSA) is 59.0 Å². The summed E-state index contributed by atoms with van der Waals surface area (Å²) in [4.78, 5) is 14.5. The molecule has 1 unspecified atom stereocenters. The Morgan fingerprint density at radius 2 is 1.95 bits per heavy atom. The van der Waals surface area contributed by atoms with Crippen LogP contribution in [0, 0.1) is 11.8 Å². The smallest absolute Gasteiger partial charge is 0.312 e. The average molecular weight is 307 g/mol. The second-order valence-electron chi connectivity index (χ2n) is 5.71. The lowest BCUT2D eigenvalue weighted by atomic mass is 9.84. The van der Waals surface area contributed by atoms with E-state index in [9.17, 15) is 9.90 Å². The van der Waals surface area contributed by atoms with Crippen molar-refractivity contribution < 1.29 is 19.4 Å². The molecule has 0 bridgehead atoms. The van der Waals surface area contributed by atoms with Crippen molar-refractivity contribution >= 4 is 5.97 Å². The molecule has 1 fully saturated rings. The molecule has 0 radical (unpaired) electrons. The van der Waals surface area contributed by atoms with Gasteiger partial charge in [0.1, 0.15) is 18.1 Å². The number of rotatable bonds is 6. The van der Waals surface area contributed by atoms with Crippen LogP contribution in [0.3, 0.4) is 0 Å². The SMILES string of the molecule is CCN1CCC(C(COc2ccc(O)cc2)C(=O)OC)CC1. The van der Waals surface area contributed by atoms with E-state index in [0.29, 0.717) is 18.3 Å². The minimum absolute atomic E-state index is 0.198. The molecule has 1 N–H and O–H groups in total. The number of ether oxygens (including phenoxy) is 2. The lowest BCUT2D eigenvalue weighted by molar-refractivity contribution is -0.149. The third-order valence-electron chi connectivity index (χ3n) is 4.42. The Balaban J connectivity index is 1.94. The number of methoxy groups -OCH3 is 1. The number of piperidine rings is 1. The van der Waals surface area contributed by atoms with Crippen LogP contribution >= 0.6 is 0 Å². The highest BCUT2D eigenvalue weighted by Gasteiger charge is 2.32. The first-order chi connectivity index (χ1) is 10.6. The molecule has 122 valence electrons. The minimum atomic E-state index is -0.238. The summed E-state index contributed by atoms with van der Waals surface area (Å²) in [7, 11) is 1.43. The highest BCUT2D eigenvalue weighted by atomic mass is 16.5. The first-order valence-electron chi connectivity index (χ1n) is 7.86. The summed E-state index contributed by atoms with van der Waals surface area (Å²) in [6, 6.07) is 6.54. The maximum absolute atomic E-state index is 12.1. The van der Waals surface area contributed by atoms with Crippen molar-refractivity contribution in [3.63, 3.8) is 0 Å². The Labute approximate surface area is 131 Å². The third kappa shape index (κ3) is 4.37. The summed E-state index contributed by atoms with van der Waals surface area (Å²) in [6.45, 7) is 5.57.